The van der Waals surface area contributed by atoms with Gasteiger partial charge in [0.25, 0.3) is 5.91 Å². The molecule has 0 unspecified atom stereocenters. The smallest absolute Gasteiger partial charge is 0.265 e. The summed E-state index contributed by atoms with van der Waals surface area (Å²) in [6, 6.07) is 7.71. The van der Waals surface area contributed by atoms with Gasteiger partial charge in [-0.3, -0.25) is 4.79 Å². The van der Waals surface area contributed by atoms with Crippen LogP contribution in [0.5, 0.6) is 5.75 Å². The van der Waals surface area contributed by atoms with Crippen molar-refractivity contribution in [1.82, 2.24) is 5.32 Å². The molecule has 2 N–H and O–H groups in total. The van der Waals surface area contributed by atoms with Crippen LogP contribution in [-0.4, -0.2) is 19.1 Å². The van der Waals surface area contributed by atoms with Crippen LogP contribution in [0, 0.1) is 13.8 Å². The third-order valence-corrected chi connectivity index (χ3v) is 4.71. The number of rotatable bonds is 2. The molecule has 21 heavy (non-hydrogen) atoms. The summed E-state index contributed by atoms with van der Waals surface area (Å²) >= 11 is 1.52. The van der Waals surface area contributed by atoms with Crippen LogP contribution >= 0.6 is 11.3 Å². The van der Waals surface area contributed by atoms with Crippen molar-refractivity contribution in [2.75, 3.05) is 18.5 Å². The number of fused-ring (bicyclic) bond motifs is 1. The minimum absolute atomic E-state index is 0.0568. The fourth-order valence-electron chi connectivity index (χ4n) is 2.27. The zero-order chi connectivity index (χ0) is 14.8. The first-order chi connectivity index (χ1) is 10.1. The summed E-state index contributed by atoms with van der Waals surface area (Å²) in [5.74, 6) is 0.833. The van der Waals surface area contributed by atoms with Gasteiger partial charge in [0, 0.05) is 29.2 Å². The summed E-state index contributed by atoms with van der Waals surface area (Å²) in [7, 11) is 0. The summed E-state index contributed by atoms with van der Waals surface area (Å²) in [4.78, 5) is 14.2. The molecule has 0 aliphatic carbocycles. The van der Waals surface area contributed by atoms with E-state index in [-0.39, 0.29) is 5.91 Å². The van der Waals surface area contributed by atoms with Crippen molar-refractivity contribution in [3.63, 3.8) is 0 Å². The predicted molar refractivity (Wildman–Crippen MR) is 85.4 cm³/mol. The lowest BCUT2D eigenvalue weighted by atomic mass is 10.1. The predicted octanol–water partition coefficient (Wildman–Crippen LogP) is 3.10. The molecule has 0 bridgehead atoms. The van der Waals surface area contributed by atoms with Crippen LogP contribution in [0.3, 0.4) is 0 Å². The molecule has 1 aromatic heterocycles. The summed E-state index contributed by atoms with van der Waals surface area (Å²) < 4.78 is 5.64. The number of hydrogen-bond donors (Lipinski definition) is 2. The van der Waals surface area contributed by atoms with Crippen LogP contribution in [0.2, 0.25) is 0 Å². The fourth-order valence-corrected chi connectivity index (χ4v) is 3.20. The zero-order valence-electron chi connectivity index (χ0n) is 12.2. The van der Waals surface area contributed by atoms with E-state index >= 15 is 0 Å². The topological polar surface area (TPSA) is 50.4 Å². The molecule has 1 aliphatic heterocycles. The van der Waals surface area contributed by atoms with E-state index < -0.39 is 0 Å². The average molecular weight is 302 g/mol. The van der Waals surface area contributed by atoms with Crippen molar-refractivity contribution in [3.05, 3.63) is 45.1 Å². The number of thiophene rings is 1. The van der Waals surface area contributed by atoms with Crippen molar-refractivity contribution < 1.29 is 9.53 Å². The maximum Gasteiger partial charge on any atom is 0.265 e. The second-order valence-corrected chi connectivity index (χ2v) is 6.41. The third kappa shape index (κ3) is 3.09. The molecule has 1 aromatic carbocycles. The molecule has 4 nitrogen and oxygen atoms in total. The second-order valence-electron chi connectivity index (χ2n) is 5.15. The Morgan fingerprint density at radius 3 is 2.95 bits per heavy atom. The monoisotopic (exact) mass is 302 g/mol. The first-order valence-electron chi connectivity index (χ1n) is 6.98. The Hall–Kier alpha value is -1.85. The highest BCUT2D eigenvalue weighted by Gasteiger charge is 2.13. The van der Waals surface area contributed by atoms with Crippen LogP contribution in [0.15, 0.2) is 24.3 Å². The largest absolute Gasteiger partial charge is 0.492 e. The summed E-state index contributed by atoms with van der Waals surface area (Å²) in [5, 5.41) is 6.25. The van der Waals surface area contributed by atoms with Crippen LogP contribution in [0.1, 0.15) is 25.7 Å². The number of ether oxygens (including phenoxy) is 1. The first-order valence-corrected chi connectivity index (χ1v) is 7.80. The average Bonchev–Trinajstić information content (AvgIpc) is 2.68. The molecule has 3 rings (SSSR count). The highest BCUT2D eigenvalue weighted by Crippen LogP contribution is 2.26. The molecule has 1 aliphatic rings. The quantitative estimate of drug-likeness (QED) is 0.896. The Labute approximate surface area is 128 Å². The van der Waals surface area contributed by atoms with E-state index in [1.54, 1.807) is 0 Å². The molecule has 1 amide bonds. The number of anilines is 1. The minimum Gasteiger partial charge on any atom is -0.492 e. The van der Waals surface area contributed by atoms with Gasteiger partial charge in [-0.05, 0) is 43.7 Å². The van der Waals surface area contributed by atoms with Crippen molar-refractivity contribution in [2.24, 2.45) is 0 Å². The summed E-state index contributed by atoms with van der Waals surface area (Å²) in [5.41, 5.74) is 3.03. The molecule has 0 fully saturated rings. The highest BCUT2D eigenvalue weighted by atomic mass is 32.1. The van der Waals surface area contributed by atoms with Gasteiger partial charge in [-0.1, -0.05) is 0 Å². The first kappa shape index (κ1) is 14.1. The number of aryl methyl sites for hydroxylation is 2. The van der Waals surface area contributed by atoms with Gasteiger partial charge in [-0.25, -0.2) is 0 Å². The zero-order valence-corrected chi connectivity index (χ0v) is 13.0. The normalized spacial score (nSPS) is 14.0. The van der Waals surface area contributed by atoms with Crippen molar-refractivity contribution in [1.29, 1.82) is 0 Å². The van der Waals surface area contributed by atoms with Crippen LogP contribution in [0.4, 0.5) is 5.69 Å². The minimum atomic E-state index is -0.0568. The molecule has 0 radical (unpaired) electrons. The van der Waals surface area contributed by atoms with Gasteiger partial charge < -0.3 is 15.4 Å². The number of nitrogens with one attached hydrogen (secondary N) is 2. The lowest BCUT2D eigenvalue weighted by Crippen LogP contribution is -2.16. The van der Waals surface area contributed by atoms with Gasteiger partial charge in [0.15, 0.2) is 0 Å². The second kappa shape index (κ2) is 5.87. The lowest BCUT2D eigenvalue weighted by molar-refractivity contribution is 0.103. The van der Waals surface area contributed by atoms with E-state index in [1.807, 2.05) is 38.1 Å². The van der Waals surface area contributed by atoms with E-state index in [0.717, 1.165) is 40.5 Å². The Balaban J connectivity index is 1.78. The molecule has 0 saturated heterocycles. The maximum absolute atomic E-state index is 12.3. The van der Waals surface area contributed by atoms with Crippen molar-refractivity contribution >= 4 is 22.9 Å². The van der Waals surface area contributed by atoms with Gasteiger partial charge in [0.2, 0.25) is 0 Å². The number of hydrogen-bond acceptors (Lipinski definition) is 4. The van der Waals surface area contributed by atoms with E-state index in [4.69, 9.17) is 4.74 Å². The van der Waals surface area contributed by atoms with Crippen LogP contribution in [-0.2, 0) is 6.54 Å². The Bertz CT molecular complexity index is 659. The van der Waals surface area contributed by atoms with Gasteiger partial charge in [0.1, 0.15) is 12.4 Å². The van der Waals surface area contributed by atoms with Crippen LogP contribution < -0.4 is 15.4 Å². The fraction of sp³-hybridized carbons (Fsp3) is 0.312. The SMILES string of the molecule is Cc1cc(C(=O)Nc2ccc3c(c2)CNCCO3)sc1C. The van der Waals surface area contributed by atoms with Crippen molar-refractivity contribution in [2.45, 2.75) is 20.4 Å². The molecular weight excluding hydrogens is 284 g/mol. The van der Waals surface area contributed by atoms with Gasteiger partial charge >= 0.3 is 0 Å². The summed E-state index contributed by atoms with van der Waals surface area (Å²) in [6.07, 6.45) is 0. The molecule has 0 atom stereocenters. The summed E-state index contributed by atoms with van der Waals surface area (Å²) in [6.45, 7) is 6.32. The number of carbonyl (C=O) groups excluding carboxylic acids is 1. The third-order valence-electron chi connectivity index (χ3n) is 3.56. The molecule has 110 valence electrons. The van der Waals surface area contributed by atoms with Gasteiger partial charge in [-0.2, -0.15) is 0 Å². The van der Waals surface area contributed by atoms with E-state index in [0.29, 0.717) is 6.61 Å². The lowest BCUT2D eigenvalue weighted by Gasteiger charge is -2.09. The number of benzene rings is 1. The van der Waals surface area contributed by atoms with E-state index in [9.17, 15) is 4.79 Å². The van der Waals surface area contributed by atoms with Gasteiger partial charge in [0.05, 0.1) is 4.88 Å². The van der Waals surface area contributed by atoms with E-state index in [1.165, 1.54) is 16.2 Å². The Morgan fingerprint density at radius 1 is 1.33 bits per heavy atom. The van der Waals surface area contributed by atoms with Gasteiger partial charge in [-0.15, -0.1) is 11.3 Å². The van der Waals surface area contributed by atoms with Crippen molar-refractivity contribution in [3.8, 4) is 5.75 Å². The molecule has 2 aromatic rings. The molecule has 0 saturated carbocycles. The molecule has 5 heteroatoms. The highest BCUT2D eigenvalue weighted by molar-refractivity contribution is 7.14. The Kier molecular flexibility index (Phi) is 3.94. The van der Waals surface area contributed by atoms with E-state index in [2.05, 4.69) is 10.6 Å². The standard InChI is InChI=1S/C16H18N2O2S/c1-10-7-15(21-11(10)2)16(19)18-13-3-4-14-12(8-13)9-17-5-6-20-14/h3-4,7-8,17H,5-6,9H2,1-2H3,(H,18,19). The maximum atomic E-state index is 12.3. The molecule has 2 heterocycles. The molecule has 0 spiro atoms. The Morgan fingerprint density at radius 2 is 2.19 bits per heavy atom. The number of carbonyl (C=O) groups is 1. The molecular formula is C16H18N2O2S. The number of amides is 1. The van der Waals surface area contributed by atoms with Crippen LogP contribution in [0.25, 0.3) is 0 Å².